The molecule has 334 valence electrons. The van der Waals surface area contributed by atoms with Crippen LogP contribution in [0.1, 0.15) is 68.4 Å². The number of likely N-dealkylation sites (tertiary alicyclic amines) is 2. The van der Waals surface area contributed by atoms with Gasteiger partial charge in [0.2, 0.25) is 5.91 Å². The number of ether oxygens (including phenoxy) is 4. The standard InChI is InChI=1S/C49H50N8O8/c1-27(2)39(54-47(60)62-3)45(58)57-26-49(64-21-22-65-49)25-38(57)44-51-36-19-15-32-24-30(13-17-34(32)42(36)53-44)29-12-16-33-31(23-29)14-18-35-41(33)52-43(50-35)37-11-8-20-56(37)46(59)40(55-48(61)63-4)28-9-6-5-7-10-28/h5-7,9-10,12-19,23-24,27,37-40H,8,11,20-22,25-26H2,1-4H3,(H,50,52)(H,51,53)(H,54,60)(H,55,61)/t37-,38-,39?,40+/m0/s1. The molecule has 65 heavy (non-hydrogen) atoms. The fourth-order valence-electron chi connectivity index (χ4n) is 9.82. The van der Waals surface area contributed by atoms with Gasteiger partial charge in [-0.3, -0.25) is 9.59 Å². The topological polar surface area (TPSA) is 193 Å². The Morgan fingerprint density at radius 3 is 1.89 bits per heavy atom. The van der Waals surface area contributed by atoms with Gasteiger partial charge in [-0.05, 0) is 70.5 Å². The molecule has 4 N–H and O–H groups in total. The third kappa shape index (κ3) is 7.65. The number of nitrogens with zero attached hydrogens (tertiary/aromatic N) is 4. The lowest BCUT2D eigenvalue weighted by atomic mass is 9.98. The van der Waals surface area contributed by atoms with Crippen LogP contribution in [-0.2, 0) is 28.5 Å². The summed E-state index contributed by atoms with van der Waals surface area (Å²) in [6.45, 7) is 5.36. The number of fused-ring (bicyclic) bond motifs is 6. The van der Waals surface area contributed by atoms with E-state index >= 15 is 0 Å². The van der Waals surface area contributed by atoms with E-state index in [1.165, 1.54) is 14.2 Å². The largest absolute Gasteiger partial charge is 0.453 e. The first-order chi connectivity index (χ1) is 31.5. The zero-order valence-corrected chi connectivity index (χ0v) is 36.6. The molecule has 0 radical (unpaired) electrons. The van der Waals surface area contributed by atoms with E-state index < -0.39 is 36.1 Å². The van der Waals surface area contributed by atoms with Gasteiger partial charge in [-0.1, -0.05) is 80.6 Å². The monoisotopic (exact) mass is 878 g/mol. The molecule has 2 aromatic heterocycles. The Morgan fingerprint density at radius 2 is 1.31 bits per heavy atom. The molecule has 3 fully saturated rings. The predicted octanol–water partition coefficient (Wildman–Crippen LogP) is 7.57. The molecule has 3 saturated heterocycles. The molecule has 4 atom stereocenters. The minimum absolute atomic E-state index is 0.203. The van der Waals surface area contributed by atoms with E-state index in [2.05, 4.69) is 69.1 Å². The van der Waals surface area contributed by atoms with Crippen molar-refractivity contribution in [2.24, 2.45) is 5.92 Å². The van der Waals surface area contributed by atoms with Crippen molar-refractivity contribution in [3.8, 4) is 11.1 Å². The van der Waals surface area contributed by atoms with Crippen molar-refractivity contribution < 1.29 is 38.1 Å². The van der Waals surface area contributed by atoms with Gasteiger partial charge in [0.05, 0.1) is 68.1 Å². The van der Waals surface area contributed by atoms with Crippen LogP contribution in [0.2, 0.25) is 0 Å². The second-order valence-electron chi connectivity index (χ2n) is 17.4. The Morgan fingerprint density at radius 1 is 0.723 bits per heavy atom. The van der Waals surface area contributed by atoms with Crippen molar-refractivity contribution >= 4 is 67.6 Å². The molecule has 0 aliphatic carbocycles. The Kier molecular flexibility index (Phi) is 10.9. The molecule has 10 rings (SSSR count). The quantitative estimate of drug-likeness (QED) is 0.112. The number of carbonyl (C=O) groups is 4. The van der Waals surface area contributed by atoms with E-state index in [4.69, 9.17) is 28.9 Å². The van der Waals surface area contributed by atoms with Crippen LogP contribution in [0, 0.1) is 5.92 Å². The number of benzene rings is 5. The van der Waals surface area contributed by atoms with Crippen LogP contribution in [0.4, 0.5) is 9.59 Å². The molecule has 16 heteroatoms. The van der Waals surface area contributed by atoms with E-state index in [9.17, 15) is 19.2 Å². The smallest absolute Gasteiger partial charge is 0.407 e. The van der Waals surface area contributed by atoms with Gasteiger partial charge in [-0.25, -0.2) is 19.6 Å². The van der Waals surface area contributed by atoms with Crippen molar-refractivity contribution in [2.75, 3.05) is 40.5 Å². The fourth-order valence-corrected chi connectivity index (χ4v) is 9.82. The van der Waals surface area contributed by atoms with Crippen LogP contribution in [-0.4, -0.2) is 106 Å². The highest BCUT2D eigenvalue weighted by Crippen LogP contribution is 2.44. The zero-order valence-electron chi connectivity index (χ0n) is 36.6. The summed E-state index contributed by atoms with van der Waals surface area (Å²) in [7, 11) is 2.56. The Balaban J connectivity index is 0.924. The second kappa shape index (κ2) is 16.8. The van der Waals surface area contributed by atoms with Crippen LogP contribution in [0.3, 0.4) is 0 Å². The molecule has 5 aromatic carbocycles. The van der Waals surface area contributed by atoms with Crippen molar-refractivity contribution in [3.63, 3.8) is 0 Å². The highest BCUT2D eigenvalue weighted by molar-refractivity contribution is 6.07. The molecular formula is C49H50N8O8. The maximum absolute atomic E-state index is 14.2. The van der Waals surface area contributed by atoms with Crippen LogP contribution >= 0.6 is 0 Å². The minimum atomic E-state index is -0.954. The number of H-pyrrole nitrogens is 2. The average Bonchev–Trinajstić information content (AvgIpc) is 4.19. The van der Waals surface area contributed by atoms with Gasteiger partial charge >= 0.3 is 12.2 Å². The number of alkyl carbamates (subject to hydrolysis) is 2. The summed E-state index contributed by atoms with van der Waals surface area (Å²) in [4.78, 5) is 73.5. The lowest BCUT2D eigenvalue weighted by molar-refractivity contribution is -0.153. The Bertz CT molecular complexity index is 2980. The van der Waals surface area contributed by atoms with Gasteiger partial charge in [0, 0.05) is 23.7 Å². The zero-order chi connectivity index (χ0) is 45.0. The van der Waals surface area contributed by atoms with E-state index in [-0.39, 0.29) is 30.3 Å². The van der Waals surface area contributed by atoms with Crippen LogP contribution in [0.15, 0.2) is 91.0 Å². The van der Waals surface area contributed by atoms with E-state index in [1.54, 1.807) is 9.80 Å². The van der Waals surface area contributed by atoms with Gasteiger partial charge in [-0.2, -0.15) is 0 Å². The molecule has 3 aliphatic rings. The van der Waals surface area contributed by atoms with Crippen LogP contribution in [0.25, 0.3) is 54.7 Å². The molecule has 0 bridgehead atoms. The third-order valence-electron chi connectivity index (χ3n) is 13.1. The summed E-state index contributed by atoms with van der Waals surface area (Å²) in [5, 5.41) is 9.51. The molecule has 0 saturated carbocycles. The first kappa shape index (κ1) is 41.9. The van der Waals surface area contributed by atoms with Crippen molar-refractivity contribution in [3.05, 3.63) is 108 Å². The molecule has 1 spiro atoms. The van der Waals surface area contributed by atoms with Gasteiger partial charge in [0.1, 0.15) is 23.7 Å². The summed E-state index contributed by atoms with van der Waals surface area (Å²) in [6, 6.07) is 27.6. The Labute approximate surface area is 373 Å². The van der Waals surface area contributed by atoms with Crippen molar-refractivity contribution in [2.45, 2.75) is 63.1 Å². The van der Waals surface area contributed by atoms with Crippen molar-refractivity contribution in [1.29, 1.82) is 0 Å². The molecule has 1 unspecified atom stereocenters. The lowest BCUT2D eigenvalue weighted by Crippen LogP contribution is -2.52. The normalized spacial score (nSPS) is 19.2. The number of aromatic nitrogens is 4. The third-order valence-corrected chi connectivity index (χ3v) is 13.1. The number of imidazole rings is 2. The summed E-state index contributed by atoms with van der Waals surface area (Å²) < 4.78 is 21.9. The highest BCUT2D eigenvalue weighted by atomic mass is 16.7. The highest BCUT2D eigenvalue weighted by Gasteiger charge is 2.53. The average molecular weight is 879 g/mol. The lowest BCUT2D eigenvalue weighted by Gasteiger charge is -2.30. The van der Waals surface area contributed by atoms with Crippen LogP contribution in [0.5, 0.6) is 0 Å². The first-order valence-electron chi connectivity index (χ1n) is 22.0. The number of hydrogen-bond donors (Lipinski definition) is 4. The predicted molar refractivity (Wildman–Crippen MR) is 242 cm³/mol. The SMILES string of the molecule is COC(=O)NC(C(=O)N1CC2(C[C@H]1c1nc3ccc4cc(-c5ccc6c(ccc7nc([C@@H]8CCCN8C(=O)[C@H](NC(=O)OC)c8ccccc8)[nH]c76)c5)ccc4c3[nH]1)OCCO2)C(C)C. The summed E-state index contributed by atoms with van der Waals surface area (Å²) in [5.41, 5.74) is 6.08. The fraction of sp³-hybridized carbons (Fsp3) is 0.347. The summed E-state index contributed by atoms with van der Waals surface area (Å²) in [5.74, 6) is -0.318. The van der Waals surface area contributed by atoms with Crippen LogP contribution < -0.4 is 10.6 Å². The van der Waals surface area contributed by atoms with Gasteiger partial charge in [-0.15, -0.1) is 0 Å². The number of nitrogens with one attached hydrogen (secondary N) is 4. The number of carbonyl (C=O) groups excluding carboxylic acids is 4. The molecule has 4 amide bonds. The number of hydrogen-bond acceptors (Lipinski definition) is 10. The molecular weight excluding hydrogens is 829 g/mol. The molecule has 7 aromatic rings. The second-order valence-corrected chi connectivity index (χ2v) is 17.4. The number of aromatic amines is 2. The van der Waals surface area contributed by atoms with E-state index in [0.717, 1.165) is 67.6 Å². The maximum Gasteiger partial charge on any atom is 0.407 e. The maximum atomic E-state index is 14.2. The summed E-state index contributed by atoms with van der Waals surface area (Å²) in [6.07, 6.45) is 0.580. The summed E-state index contributed by atoms with van der Waals surface area (Å²) >= 11 is 0. The van der Waals surface area contributed by atoms with Crippen molar-refractivity contribution in [1.82, 2.24) is 40.4 Å². The number of rotatable bonds is 9. The van der Waals surface area contributed by atoms with E-state index in [1.807, 2.05) is 56.3 Å². The van der Waals surface area contributed by atoms with E-state index in [0.29, 0.717) is 43.4 Å². The number of methoxy groups -OCH3 is 2. The minimum Gasteiger partial charge on any atom is -0.453 e. The van der Waals surface area contributed by atoms with Gasteiger partial charge in [0.25, 0.3) is 5.91 Å². The molecule has 5 heterocycles. The van der Waals surface area contributed by atoms with Gasteiger partial charge in [0.15, 0.2) is 5.79 Å². The number of amides is 4. The Hall–Kier alpha value is -7.04. The molecule has 16 nitrogen and oxygen atoms in total. The van der Waals surface area contributed by atoms with Gasteiger partial charge < -0.3 is 49.3 Å². The molecule has 3 aliphatic heterocycles. The first-order valence-corrected chi connectivity index (χ1v) is 22.0.